The number of carbonyl (C=O) groups excluding carboxylic acids is 1. The van der Waals surface area contributed by atoms with Crippen LogP contribution in [0.4, 0.5) is 10.5 Å². The van der Waals surface area contributed by atoms with E-state index in [-0.39, 0.29) is 17.5 Å². The number of hydrogen-bond acceptors (Lipinski definition) is 3. The SMILES string of the molecule is CCO[C@H]1C[C@H](NC(=O)Nc2cccc3cnccc23)C12CCC2. The first-order valence-electron chi connectivity index (χ1n) is 8.75. The van der Waals surface area contributed by atoms with Gasteiger partial charge in [-0.3, -0.25) is 4.98 Å². The number of hydrogen-bond donors (Lipinski definition) is 2. The molecular formula is C19H23N3O2. The minimum Gasteiger partial charge on any atom is -0.378 e. The third-order valence-corrected chi connectivity index (χ3v) is 5.67. The van der Waals surface area contributed by atoms with Crippen LogP contribution in [-0.2, 0) is 4.74 Å². The van der Waals surface area contributed by atoms with Crippen LogP contribution in [0.25, 0.3) is 10.8 Å². The number of rotatable bonds is 4. The van der Waals surface area contributed by atoms with Gasteiger partial charge in [0.05, 0.1) is 11.8 Å². The maximum absolute atomic E-state index is 12.5. The predicted octanol–water partition coefficient (Wildman–Crippen LogP) is 3.70. The zero-order valence-corrected chi connectivity index (χ0v) is 13.9. The highest BCUT2D eigenvalue weighted by molar-refractivity contribution is 6.01. The molecule has 0 unspecified atom stereocenters. The van der Waals surface area contributed by atoms with Gasteiger partial charge in [-0.2, -0.15) is 0 Å². The van der Waals surface area contributed by atoms with Crippen molar-refractivity contribution in [2.75, 3.05) is 11.9 Å². The Hall–Kier alpha value is -2.14. The normalized spacial score (nSPS) is 24.2. The molecule has 0 radical (unpaired) electrons. The largest absolute Gasteiger partial charge is 0.378 e. The minimum absolute atomic E-state index is 0.134. The van der Waals surface area contributed by atoms with E-state index in [2.05, 4.69) is 15.6 Å². The van der Waals surface area contributed by atoms with Gasteiger partial charge in [0, 0.05) is 41.2 Å². The lowest BCUT2D eigenvalue weighted by atomic mass is 9.51. The number of anilines is 1. The van der Waals surface area contributed by atoms with Gasteiger partial charge in [-0.05, 0) is 38.3 Å². The number of amides is 2. The molecule has 5 heteroatoms. The standard InChI is InChI=1S/C19H23N3O2/c1-2-24-17-11-16(19(17)8-4-9-19)22-18(23)21-15-6-3-5-13-12-20-10-7-14(13)15/h3,5-7,10,12,16-17H,2,4,8-9,11H2,1H3,(H2,21,22,23)/t16-,17-/m0/s1. The second kappa shape index (κ2) is 6.06. The van der Waals surface area contributed by atoms with Crippen molar-refractivity contribution in [2.45, 2.75) is 44.8 Å². The summed E-state index contributed by atoms with van der Waals surface area (Å²) in [5.74, 6) is 0. The third-order valence-electron chi connectivity index (χ3n) is 5.67. The number of fused-ring (bicyclic) bond motifs is 1. The molecule has 2 N–H and O–H groups in total. The van der Waals surface area contributed by atoms with Crippen LogP contribution >= 0.6 is 0 Å². The van der Waals surface area contributed by atoms with E-state index in [1.807, 2.05) is 31.2 Å². The Morgan fingerprint density at radius 1 is 1.38 bits per heavy atom. The Bertz CT molecular complexity index is 752. The van der Waals surface area contributed by atoms with Crippen LogP contribution in [0.3, 0.4) is 0 Å². The van der Waals surface area contributed by atoms with Gasteiger partial charge in [-0.25, -0.2) is 4.79 Å². The molecule has 2 atom stereocenters. The summed E-state index contributed by atoms with van der Waals surface area (Å²) in [6.07, 6.45) is 8.32. The van der Waals surface area contributed by atoms with Crippen LogP contribution in [-0.4, -0.2) is 29.8 Å². The molecule has 0 saturated heterocycles. The van der Waals surface area contributed by atoms with E-state index in [1.54, 1.807) is 12.4 Å². The maximum atomic E-state index is 12.5. The summed E-state index contributed by atoms with van der Waals surface area (Å²) in [6.45, 7) is 2.78. The number of urea groups is 1. The summed E-state index contributed by atoms with van der Waals surface area (Å²) in [5.41, 5.74) is 0.992. The Labute approximate surface area is 141 Å². The van der Waals surface area contributed by atoms with Crippen molar-refractivity contribution in [3.05, 3.63) is 36.7 Å². The number of ether oxygens (including phenoxy) is 1. The van der Waals surface area contributed by atoms with E-state index in [0.29, 0.717) is 6.10 Å². The van der Waals surface area contributed by atoms with E-state index in [9.17, 15) is 4.79 Å². The molecule has 2 saturated carbocycles. The Balaban J connectivity index is 1.44. The summed E-state index contributed by atoms with van der Waals surface area (Å²) >= 11 is 0. The molecule has 1 heterocycles. The van der Waals surface area contributed by atoms with Crippen molar-refractivity contribution in [3.63, 3.8) is 0 Å². The summed E-state index contributed by atoms with van der Waals surface area (Å²) < 4.78 is 5.84. The Morgan fingerprint density at radius 3 is 3.00 bits per heavy atom. The summed E-state index contributed by atoms with van der Waals surface area (Å²) in [7, 11) is 0. The van der Waals surface area contributed by atoms with E-state index in [4.69, 9.17) is 4.74 Å². The summed E-state index contributed by atoms with van der Waals surface area (Å²) in [6, 6.07) is 7.86. The number of benzene rings is 1. The second-order valence-corrected chi connectivity index (χ2v) is 6.82. The Morgan fingerprint density at radius 2 is 2.25 bits per heavy atom. The lowest BCUT2D eigenvalue weighted by Crippen LogP contribution is -2.68. The molecule has 0 aliphatic heterocycles. The zero-order chi connectivity index (χ0) is 16.6. The van der Waals surface area contributed by atoms with Gasteiger partial charge in [0.25, 0.3) is 0 Å². The average molecular weight is 325 g/mol. The number of pyridine rings is 1. The molecule has 126 valence electrons. The van der Waals surface area contributed by atoms with Crippen molar-refractivity contribution in [1.29, 1.82) is 0 Å². The summed E-state index contributed by atoms with van der Waals surface area (Å²) in [4.78, 5) is 16.6. The molecule has 1 aromatic heterocycles. The molecule has 24 heavy (non-hydrogen) atoms. The quantitative estimate of drug-likeness (QED) is 0.901. The molecule has 2 amide bonds. The molecule has 2 aromatic rings. The first-order valence-corrected chi connectivity index (χ1v) is 8.75. The van der Waals surface area contributed by atoms with Crippen LogP contribution in [0.2, 0.25) is 0 Å². The van der Waals surface area contributed by atoms with Crippen molar-refractivity contribution >= 4 is 22.5 Å². The third kappa shape index (κ3) is 2.44. The topological polar surface area (TPSA) is 63.2 Å². The van der Waals surface area contributed by atoms with Crippen molar-refractivity contribution in [2.24, 2.45) is 5.41 Å². The smallest absolute Gasteiger partial charge is 0.319 e. The second-order valence-electron chi connectivity index (χ2n) is 6.82. The number of nitrogens with one attached hydrogen (secondary N) is 2. The molecule has 2 aliphatic rings. The van der Waals surface area contributed by atoms with Crippen LogP contribution in [0, 0.1) is 5.41 Å². The highest BCUT2D eigenvalue weighted by Gasteiger charge is 2.59. The molecule has 2 aliphatic carbocycles. The molecule has 2 fully saturated rings. The molecule has 1 spiro atoms. The van der Waals surface area contributed by atoms with E-state index < -0.39 is 0 Å². The van der Waals surface area contributed by atoms with Crippen LogP contribution < -0.4 is 10.6 Å². The average Bonchev–Trinajstić information content (AvgIpc) is 2.52. The molecular weight excluding hydrogens is 302 g/mol. The monoisotopic (exact) mass is 325 g/mol. The van der Waals surface area contributed by atoms with Crippen molar-refractivity contribution < 1.29 is 9.53 Å². The Kier molecular flexibility index (Phi) is 3.88. The van der Waals surface area contributed by atoms with Crippen molar-refractivity contribution in [3.8, 4) is 0 Å². The number of carbonyl (C=O) groups is 1. The summed E-state index contributed by atoms with van der Waals surface area (Å²) in [5, 5.41) is 8.18. The highest BCUT2D eigenvalue weighted by Crippen LogP contribution is 2.57. The fraction of sp³-hybridized carbons (Fsp3) is 0.474. The van der Waals surface area contributed by atoms with E-state index in [1.165, 1.54) is 6.42 Å². The van der Waals surface area contributed by atoms with Gasteiger partial charge >= 0.3 is 6.03 Å². The van der Waals surface area contributed by atoms with Gasteiger partial charge < -0.3 is 15.4 Å². The zero-order valence-electron chi connectivity index (χ0n) is 13.9. The fourth-order valence-electron chi connectivity index (χ4n) is 4.19. The number of aromatic nitrogens is 1. The van der Waals surface area contributed by atoms with Gasteiger partial charge in [0.2, 0.25) is 0 Å². The first-order chi connectivity index (χ1) is 11.7. The minimum atomic E-state index is -0.134. The predicted molar refractivity (Wildman–Crippen MR) is 94.0 cm³/mol. The highest BCUT2D eigenvalue weighted by atomic mass is 16.5. The van der Waals surface area contributed by atoms with Gasteiger partial charge in [0.1, 0.15) is 0 Å². The maximum Gasteiger partial charge on any atom is 0.319 e. The van der Waals surface area contributed by atoms with Crippen LogP contribution in [0.5, 0.6) is 0 Å². The van der Waals surface area contributed by atoms with Crippen LogP contribution in [0.15, 0.2) is 36.7 Å². The molecule has 5 nitrogen and oxygen atoms in total. The lowest BCUT2D eigenvalue weighted by molar-refractivity contribution is -0.169. The van der Waals surface area contributed by atoms with Gasteiger partial charge in [0.15, 0.2) is 0 Å². The van der Waals surface area contributed by atoms with Gasteiger partial charge in [-0.15, -0.1) is 0 Å². The van der Waals surface area contributed by atoms with Crippen molar-refractivity contribution in [1.82, 2.24) is 10.3 Å². The van der Waals surface area contributed by atoms with Gasteiger partial charge in [-0.1, -0.05) is 18.6 Å². The fourth-order valence-corrected chi connectivity index (χ4v) is 4.19. The molecule has 1 aromatic carbocycles. The lowest BCUT2D eigenvalue weighted by Gasteiger charge is -2.60. The molecule has 0 bridgehead atoms. The van der Waals surface area contributed by atoms with E-state index >= 15 is 0 Å². The molecule has 4 rings (SSSR count). The number of nitrogens with zero attached hydrogens (tertiary/aromatic N) is 1. The first kappa shape index (κ1) is 15.4. The van der Waals surface area contributed by atoms with Crippen LogP contribution in [0.1, 0.15) is 32.6 Å². The van der Waals surface area contributed by atoms with E-state index in [0.717, 1.165) is 42.3 Å².